The van der Waals surface area contributed by atoms with E-state index < -0.39 is 0 Å². The second-order valence-electron chi connectivity index (χ2n) is 2.83. The van der Waals surface area contributed by atoms with E-state index in [9.17, 15) is 4.79 Å². The molecule has 3 nitrogen and oxygen atoms in total. The highest BCUT2D eigenvalue weighted by atomic mass is 16.1. The summed E-state index contributed by atoms with van der Waals surface area (Å²) in [5.41, 5.74) is 5.14. The fraction of sp³-hybridized carbons (Fsp3) is 0.625. The normalized spacial score (nSPS) is 12.3. The zero-order chi connectivity index (χ0) is 9.02. The fourth-order valence-corrected chi connectivity index (χ4v) is 1.05. The smallest absolute Gasteiger partial charge is 0.241 e. The standard InChI is InChI=1S/C8H14N2O/c1-5-10(4)7(6(2)3)8(9)11/h1,6-7H,2-4H3,(H2,9,11). The topological polar surface area (TPSA) is 46.3 Å². The van der Waals surface area contributed by atoms with Crippen LogP contribution in [0.5, 0.6) is 0 Å². The number of terminal acetylenes is 1. The Balaban J connectivity index is 4.37. The Hall–Kier alpha value is -1.17. The average molecular weight is 154 g/mol. The van der Waals surface area contributed by atoms with Crippen LogP contribution in [0.15, 0.2) is 0 Å². The van der Waals surface area contributed by atoms with Crippen molar-refractivity contribution in [1.29, 1.82) is 0 Å². The molecule has 0 fully saturated rings. The number of amides is 1. The van der Waals surface area contributed by atoms with Gasteiger partial charge in [-0.2, -0.15) is 0 Å². The van der Waals surface area contributed by atoms with Gasteiger partial charge in [0.2, 0.25) is 5.91 Å². The summed E-state index contributed by atoms with van der Waals surface area (Å²) in [6, 6.07) is 2.00. The third-order valence-electron chi connectivity index (χ3n) is 1.54. The molecule has 1 unspecified atom stereocenters. The third-order valence-corrected chi connectivity index (χ3v) is 1.54. The van der Waals surface area contributed by atoms with Gasteiger partial charge < -0.3 is 10.6 Å². The molecule has 0 aromatic rings. The Bertz CT molecular complexity index is 181. The van der Waals surface area contributed by atoms with Gasteiger partial charge in [0.05, 0.1) is 0 Å². The van der Waals surface area contributed by atoms with Crippen molar-refractivity contribution in [1.82, 2.24) is 4.90 Å². The summed E-state index contributed by atoms with van der Waals surface area (Å²) in [7, 11) is 1.68. The number of hydrogen-bond donors (Lipinski definition) is 1. The molecule has 1 atom stereocenters. The van der Waals surface area contributed by atoms with Crippen LogP contribution in [0.4, 0.5) is 0 Å². The number of nitrogens with two attached hydrogens (primary N) is 1. The molecule has 0 radical (unpaired) electrons. The Morgan fingerprint density at radius 3 is 2.18 bits per heavy atom. The first-order chi connectivity index (χ1) is 5.00. The molecule has 62 valence electrons. The summed E-state index contributed by atoms with van der Waals surface area (Å²) in [5, 5.41) is 0. The van der Waals surface area contributed by atoms with Crippen molar-refractivity contribution in [3.8, 4) is 12.5 Å². The highest BCUT2D eigenvalue weighted by Gasteiger charge is 2.22. The van der Waals surface area contributed by atoms with Gasteiger partial charge in [-0.05, 0) is 5.92 Å². The average Bonchev–Trinajstić information content (AvgIpc) is 1.85. The molecule has 0 aromatic carbocycles. The molecule has 0 aliphatic rings. The summed E-state index contributed by atoms with van der Waals surface area (Å²) < 4.78 is 0. The van der Waals surface area contributed by atoms with Crippen LogP contribution in [0.1, 0.15) is 13.8 Å². The largest absolute Gasteiger partial charge is 0.368 e. The van der Waals surface area contributed by atoms with Gasteiger partial charge in [0.25, 0.3) is 0 Å². The molecule has 1 amide bonds. The number of hydrogen-bond acceptors (Lipinski definition) is 2. The number of carbonyl (C=O) groups is 1. The van der Waals surface area contributed by atoms with E-state index >= 15 is 0 Å². The van der Waals surface area contributed by atoms with Gasteiger partial charge in [-0.15, -0.1) is 0 Å². The lowest BCUT2D eigenvalue weighted by molar-refractivity contribution is -0.123. The van der Waals surface area contributed by atoms with E-state index in [1.54, 1.807) is 7.05 Å². The first-order valence-corrected chi connectivity index (χ1v) is 3.49. The highest BCUT2D eigenvalue weighted by molar-refractivity contribution is 5.80. The summed E-state index contributed by atoms with van der Waals surface area (Å²) in [6.45, 7) is 3.81. The van der Waals surface area contributed by atoms with Crippen LogP contribution in [-0.4, -0.2) is 23.9 Å². The number of nitrogens with zero attached hydrogens (tertiary/aromatic N) is 1. The quantitative estimate of drug-likeness (QED) is 0.460. The van der Waals surface area contributed by atoms with Crippen molar-refractivity contribution in [2.75, 3.05) is 7.05 Å². The molecule has 0 bridgehead atoms. The number of carbonyl (C=O) groups excluding carboxylic acids is 1. The van der Waals surface area contributed by atoms with Crippen LogP contribution in [0.3, 0.4) is 0 Å². The maximum atomic E-state index is 10.8. The Morgan fingerprint density at radius 2 is 2.09 bits per heavy atom. The van der Waals surface area contributed by atoms with E-state index in [1.165, 1.54) is 4.90 Å². The van der Waals surface area contributed by atoms with Crippen LogP contribution in [0, 0.1) is 18.4 Å². The van der Waals surface area contributed by atoms with Crippen molar-refractivity contribution in [2.45, 2.75) is 19.9 Å². The van der Waals surface area contributed by atoms with Crippen molar-refractivity contribution in [2.24, 2.45) is 11.7 Å². The molecule has 0 aliphatic carbocycles. The summed E-state index contributed by atoms with van der Waals surface area (Å²) in [6.07, 6.45) is 5.12. The van der Waals surface area contributed by atoms with Gasteiger partial charge in [-0.3, -0.25) is 4.79 Å². The van der Waals surface area contributed by atoms with E-state index in [0.29, 0.717) is 0 Å². The zero-order valence-electron chi connectivity index (χ0n) is 7.16. The van der Waals surface area contributed by atoms with Crippen molar-refractivity contribution in [3.63, 3.8) is 0 Å². The molecule has 11 heavy (non-hydrogen) atoms. The van der Waals surface area contributed by atoms with Crippen molar-refractivity contribution >= 4 is 5.91 Å². The molecule has 0 aromatic heterocycles. The highest BCUT2D eigenvalue weighted by Crippen LogP contribution is 2.06. The minimum atomic E-state index is -0.375. The minimum Gasteiger partial charge on any atom is -0.368 e. The van der Waals surface area contributed by atoms with Gasteiger partial charge in [0.15, 0.2) is 0 Å². The van der Waals surface area contributed by atoms with E-state index in [1.807, 2.05) is 13.8 Å². The molecule has 3 heteroatoms. The predicted octanol–water partition coefficient (Wildman–Crippen LogP) is 0.0188. The van der Waals surface area contributed by atoms with E-state index in [4.69, 9.17) is 12.2 Å². The minimum absolute atomic E-state index is 0.147. The van der Waals surface area contributed by atoms with E-state index in [-0.39, 0.29) is 17.9 Å². The summed E-state index contributed by atoms with van der Waals surface area (Å²) in [4.78, 5) is 12.3. The Labute approximate surface area is 67.6 Å². The molecule has 2 N–H and O–H groups in total. The molecular formula is C8H14N2O. The molecule has 0 saturated carbocycles. The first kappa shape index (κ1) is 9.83. The van der Waals surface area contributed by atoms with E-state index in [2.05, 4.69) is 6.04 Å². The molecule has 0 rings (SSSR count). The summed E-state index contributed by atoms with van der Waals surface area (Å²) in [5.74, 6) is -0.228. The first-order valence-electron chi connectivity index (χ1n) is 3.49. The van der Waals surface area contributed by atoms with Gasteiger partial charge in [-0.25, -0.2) is 0 Å². The van der Waals surface area contributed by atoms with Crippen LogP contribution in [-0.2, 0) is 4.79 Å². The zero-order valence-corrected chi connectivity index (χ0v) is 7.16. The summed E-state index contributed by atoms with van der Waals surface area (Å²) >= 11 is 0. The SMILES string of the molecule is C#CN(C)C(C(N)=O)C(C)C. The monoisotopic (exact) mass is 154 g/mol. The Morgan fingerprint density at radius 1 is 1.64 bits per heavy atom. The lowest BCUT2D eigenvalue weighted by Crippen LogP contribution is -2.43. The lowest BCUT2D eigenvalue weighted by atomic mass is 10.0. The second-order valence-corrected chi connectivity index (χ2v) is 2.83. The van der Waals surface area contributed by atoms with Gasteiger partial charge in [-0.1, -0.05) is 20.3 Å². The molecule has 0 heterocycles. The molecular weight excluding hydrogens is 140 g/mol. The molecule has 0 saturated heterocycles. The third kappa shape index (κ3) is 2.50. The van der Waals surface area contributed by atoms with Gasteiger partial charge >= 0.3 is 0 Å². The van der Waals surface area contributed by atoms with E-state index in [0.717, 1.165) is 0 Å². The van der Waals surface area contributed by atoms with Crippen LogP contribution < -0.4 is 5.73 Å². The maximum absolute atomic E-state index is 10.8. The number of rotatable bonds is 3. The van der Waals surface area contributed by atoms with Crippen molar-refractivity contribution in [3.05, 3.63) is 0 Å². The predicted molar refractivity (Wildman–Crippen MR) is 44.4 cm³/mol. The second kappa shape index (κ2) is 3.87. The molecule has 0 spiro atoms. The van der Waals surface area contributed by atoms with Crippen LogP contribution in [0.25, 0.3) is 0 Å². The number of primary amides is 1. The number of likely N-dealkylation sites (N-methyl/N-ethyl adjacent to an activating group) is 1. The molecule has 0 aliphatic heterocycles. The lowest BCUT2D eigenvalue weighted by Gasteiger charge is -2.24. The van der Waals surface area contributed by atoms with Crippen LogP contribution >= 0.6 is 0 Å². The fourth-order valence-electron chi connectivity index (χ4n) is 1.05. The van der Waals surface area contributed by atoms with Gasteiger partial charge in [0, 0.05) is 13.1 Å². The van der Waals surface area contributed by atoms with Gasteiger partial charge in [0.1, 0.15) is 6.04 Å². The van der Waals surface area contributed by atoms with Crippen molar-refractivity contribution < 1.29 is 4.79 Å². The Kier molecular flexibility index (Phi) is 3.46. The van der Waals surface area contributed by atoms with Crippen LogP contribution in [0.2, 0.25) is 0 Å². The maximum Gasteiger partial charge on any atom is 0.241 e.